The SMILES string of the molecule is CCOC(=O)[C@](N)(c1cccn1C)C(F)(F)F. The molecule has 0 spiro atoms. The van der Waals surface area contributed by atoms with Crippen LogP contribution < -0.4 is 5.73 Å². The summed E-state index contributed by atoms with van der Waals surface area (Å²) in [5.74, 6) is -1.51. The van der Waals surface area contributed by atoms with Gasteiger partial charge in [-0.1, -0.05) is 0 Å². The smallest absolute Gasteiger partial charge is 0.423 e. The summed E-state index contributed by atoms with van der Waals surface area (Å²) in [5.41, 5.74) is 1.76. The molecule has 2 N–H and O–H groups in total. The van der Waals surface area contributed by atoms with E-state index in [-0.39, 0.29) is 12.3 Å². The predicted octanol–water partition coefficient (Wildman–Crippen LogP) is 1.30. The van der Waals surface area contributed by atoms with E-state index in [1.54, 1.807) is 0 Å². The molecule has 0 fully saturated rings. The van der Waals surface area contributed by atoms with Crippen molar-refractivity contribution in [3.05, 3.63) is 24.0 Å². The van der Waals surface area contributed by atoms with Gasteiger partial charge in [0.1, 0.15) is 0 Å². The highest BCUT2D eigenvalue weighted by atomic mass is 19.4. The molecule has 1 aromatic heterocycles. The number of hydrogen-bond donors (Lipinski definition) is 1. The fourth-order valence-electron chi connectivity index (χ4n) is 1.48. The summed E-state index contributed by atoms with van der Waals surface area (Å²) < 4.78 is 44.5. The molecular formula is C10H13F3N2O2. The number of nitrogens with zero attached hydrogens (tertiary/aromatic N) is 1. The maximum absolute atomic E-state index is 13.0. The first-order chi connectivity index (χ1) is 7.75. The molecule has 0 bridgehead atoms. The fourth-order valence-corrected chi connectivity index (χ4v) is 1.48. The van der Waals surface area contributed by atoms with Gasteiger partial charge in [0.15, 0.2) is 0 Å². The number of rotatable bonds is 3. The zero-order chi connectivity index (χ0) is 13.3. The van der Waals surface area contributed by atoms with Crippen LogP contribution in [0.4, 0.5) is 13.2 Å². The zero-order valence-electron chi connectivity index (χ0n) is 9.41. The minimum absolute atomic E-state index is 0.168. The number of hydrogen-bond acceptors (Lipinski definition) is 3. The Morgan fingerprint density at radius 2 is 2.12 bits per heavy atom. The van der Waals surface area contributed by atoms with Crippen LogP contribution in [0.15, 0.2) is 18.3 Å². The molecule has 0 amide bonds. The number of alkyl halides is 3. The van der Waals surface area contributed by atoms with E-state index in [4.69, 9.17) is 5.73 Å². The van der Waals surface area contributed by atoms with Crippen molar-refractivity contribution in [2.75, 3.05) is 6.61 Å². The first kappa shape index (κ1) is 13.6. The molecule has 1 rings (SSSR count). The number of esters is 1. The Balaban J connectivity index is 3.31. The topological polar surface area (TPSA) is 57.2 Å². The second-order valence-electron chi connectivity index (χ2n) is 3.53. The lowest BCUT2D eigenvalue weighted by Crippen LogP contribution is -2.58. The van der Waals surface area contributed by atoms with Gasteiger partial charge in [-0.05, 0) is 19.1 Å². The van der Waals surface area contributed by atoms with Gasteiger partial charge in [-0.25, -0.2) is 4.79 Å². The van der Waals surface area contributed by atoms with Crippen LogP contribution in [-0.4, -0.2) is 23.3 Å². The third kappa shape index (κ3) is 2.14. The number of carbonyl (C=O) groups excluding carboxylic acids is 1. The lowest BCUT2D eigenvalue weighted by Gasteiger charge is -2.29. The highest BCUT2D eigenvalue weighted by Gasteiger charge is 2.61. The highest BCUT2D eigenvalue weighted by Crippen LogP contribution is 2.37. The van der Waals surface area contributed by atoms with Gasteiger partial charge < -0.3 is 15.0 Å². The van der Waals surface area contributed by atoms with E-state index >= 15 is 0 Å². The van der Waals surface area contributed by atoms with Gasteiger partial charge in [0.2, 0.25) is 0 Å². The van der Waals surface area contributed by atoms with Crippen LogP contribution in [0.5, 0.6) is 0 Å². The van der Waals surface area contributed by atoms with Crippen LogP contribution in [0.2, 0.25) is 0 Å². The summed E-state index contributed by atoms with van der Waals surface area (Å²) in [6.45, 7) is 1.25. The Bertz CT molecular complexity index is 414. The molecule has 0 radical (unpaired) electrons. The van der Waals surface area contributed by atoms with Gasteiger partial charge >= 0.3 is 12.1 Å². The van der Waals surface area contributed by atoms with Crippen LogP contribution in [0.1, 0.15) is 12.6 Å². The Labute approximate surface area is 96.2 Å². The maximum atomic E-state index is 13.0. The number of aryl methyl sites for hydroxylation is 1. The molecule has 1 atom stereocenters. The van der Waals surface area contributed by atoms with E-state index in [0.717, 1.165) is 10.6 Å². The number of carbonyl (C=O) groups is 1. The third-order valence-corrected chi connectivity index (χ3v) is 2.39. The van der Waals surface area contributed by atoms with E-state index in [1.807, 2.05) is 0 Å². The first-order valence-corrected chi connectivity index (χ1v) is 4.89. The second kappa shape index (κ2) is 4.40. The van der Waals surface area contributed by atoms with E-state index in [9.17, 15) is 18.0 Å². The second-order valence-corrected chi connectivity index (χ2v) is 3.53. The van der Waals surface area contributed by atoms with E-state index in [2.05, 4.69) is 4.74 Å². The molecule has 0 unspecified atom stereocenters. The minimum atomic E-state index is -4.93. The van der Waals surface area contributed by atoms with Crippen LogP contribution in [-0.2, 0) is 22.1 Å². The van der Waals surface area contributed by atoms with Gasteiger partial charge in [-0.15, -0.1) is 0 Å². The van der Waals surface area contributed by atoms with Crippen molar-refractivity contribution in [3.8, 4) is 0 Å². The van der Waals surface area contributed by atoms with Crippen molar-refractivity contribution < 1.29 is 22.7 Å². The largest absolute Gasteiger partial charge is 0.464 e. The van der Waals surface area contributed by atoms with Crippen LogP contribution in [0.25, 0.3) is 0 Å². The molecule has 0 aromatic carbocycles. The Hall–Kier alpha value is -1.50. The third-order valence-electron chi connectivity index (χ3n) is 2.39. The monoisotopic (exact) mass is 250 g/mol. The molecular weight excluding hydrogens is 237 g/mol. The standard InChI is InChI=1S/C10H13F3N2O2/c1-3-17-8(16)9(14,10(11,12)13)7-5-4-6-15(7)2/h4-6H,3,14H2,1-2H3/t9-/m1/s1. The highest BCUT2D eigenvalue weighted by molar-refractivity contribution is 5.83. The van der Waals surface area contributed by atoms with E-state index in [0.29, 0.717) is 0 Å². The molecule has 0 saturated heterocycles. The summed E-state index contributed by atoms with van der Waals surface area (Å²) in [6, 6.07) is 2.52. The number of ether oxygens (including phenoxy) is 1. The van der Waals surface area contributed by atoms with Crippen LogP contribution in [0, 0.1) is 0 Å². The Morgan fingerprint density at radius 3 is 2.47 bits per heavy atom. The van der Waals surface area contributed by atoms with Crippen molar-refractivity contribution in [2.24, 2.45) is 12.8 Å². The van der Waals surface area contributed by atoms with Crippen molar-refractivity contribution in [3.63, 3.8) is 0 Å². The molecule has 0 aliphatic carbocycles. The summed E-state index contributed by atoms with van der Waals surface area (Å²) in [7, 11) is 1.38. The quantitative estimate of drug-likeness (QED) is 0.823. The minimum Gasteiger partial charge on any atom is -0.464 e. The van der Waals surface area contributed by atoms with Crippen molar-refractivity contribution in [1.29, 1.82) is 0 Å². The summed E-state index contributed by atoms with van der Waals surface area (Å²) in [6.07, 6.45) is -3.55. The molecule has 0 aliphatic rings. The fraction of sp³-hybridized carbons (Fsp3) is 0.500. The molecule has 4 nitrogen and oxygen atoms in total. The average Bonchev–Trinajstić information content (AvgIpc) is 2.62. The lowest BCUT2D eigenvalue weighted by atomic mass is 9.95. The van der Waals surface area contributed by atoms with E-state index in [1.165, 1.54) is 26.2 Å². The number of aromatic nitrogens is 1. The Morgan fingerprint density at radius 1 is 1.53 bits per heavy atom. The Kier molecular flexibility index (Phi) is 3.51. The predicted molar refractivity (Wildman–Crippen MR) is 54.0 cm³/mol. The average molecular weight is 250 g/mol. The molecule has 1 heterocycles. The summed E-state index contributed by atoms with van der Waals surface area (Å²) in [5, 5.41) is 0. The van der Waals surface area contributed by atoms with Crippen molar-refractivity contribution in [2.45, 2.75) is 18.6 Å². The van der Waals surface area contributed by atoms with Crippen LogP contribution in [0.3, 0.4) is 0 Å². The van der Waals surface area contributed by atoms with Gasteiger partial charge in [0.25, 0.3) is 5.54 Å². The van der Waals surface area contributed by atoms with Crippen LogP contribution >= 0.6 is 0 Å². The van der Waals surface area contributed by atoms with Crippen molar-refractivity contribution in [1.82, 2.24) is 4.57 Å². The summed E-state index contributed by atoms with van der Waals surface area (Å²) in [4.78, 5) is 11.5. The van der Waals surface area contributed by atoms with Gasteiger partial charge in [-0.3, -0.25) is 0 Å². The van der Waals surface area contributed by atoms with Gasteiger partial charge in [0, 0.05) is 13.2 Å². The number of nitrogens with two attached hydrogens (primary N) is 1. The van der Waals surface area contributed by atoms with Gasteiger partial charge in [-0.2, -0.15) is 13.2 Å². The van der Waals surface area contributed by atoms with Gasteiger partial charge in [0.05, 0.1) is 12.3 Å². The van der Waals surface area contributed by atoms with Crippen molar-refractivity contribution >= 4 is 5.97 Å². The molecule has 96 valence electrons. The molecule has 7 heteroatoms. The molecule has 17 heavy (non-hydrogen) atoms. The first-order valence-electron chi connectivity index (χ1n) is 4.89. The lowest BCUT2D eigenvalue weighted by molar-refractivity contribution is -0.209. The molecule has 0 aliphatic heterocycles. The van der Waals surface area contributed by atoms with E-state index < -0.39 is 17.7 Å². The molecule has 1 aromatic rings. The maximum Gasteiger partial charge on any atom is 0.423 e. The number of halogens is 3. The molecule has 0 saturated carbocycles. The normalized spacial score (nSPS) is 15.4. The summed E-state index contributed by atoms with van der Waals surface area (Å²) >= 11 is 0. The zero-order valence-corrected chi connectivity index (χ0v) is 9.41.